The maximum Gasteiger partial charge on any atom is 0.315 e. The lowest BCUT2D eigenvalue weighted by atomic mass is 9.65. The van der Waals surface area contributed by atoms with Gasteiger partial charge in [-0.2, -0.15) is 0 Å². The highest BCUT2D eigenvalue weighted by Crippen LogP contribution is 2.61. The summed E-state index contributed by atoms with van der Waals surface area (Å²) in [5, 5.41) is 0.0710. The van der Waals surface area contributed by atoms with E-state index >= 15 is 0 Å². The smallest absolute Gasteiger partial charge is 0.315 e. The van der Waals surface area contributed by atoms with Crippen molar-refractivity contribution in [2.45, 2.75) is 58.5 Å². The molecule has 31 heavy (non-hydrogen) atoms. The van der Waals surface area contributed by atoms with Crippen LogP contribution in [0.4, 0.5) is 0 Å². The van der Waals surface area contributed by atoms with E-state index in [4.69, 9.17) is 30.5 Å². The van der Waals surface area contributed by atoms with E-state index in [0.29, 0.717) is 22.8 Å². The molecule has 0 aromatic rings. The van der Waals surface area contributed by atoms with Crippen molar-refractivity contribution in [3.8, 4) is 0 Å². The molecule has 0 aromatic carbocycles. The van der Waals surface area contributed by atoms with Crippen LogP contribution in [-0.2, 0) is 28.5 Å². The summed E-state index contributed by atoms with van der Waals surface area (Å²) in [6, 6.07) is 0. The number of fused-ring (bicyclic) bond motifs is 5. The van der Waals surface area contributed by atoms with E-state index in [0.717, 1.165) is 6.42 Å². The van der Waals surface area contributed by atoms with E-state index in [1.807, 2.05) is 19.1 Å². The minimum Gasteiger partial charge on any atom is -0.465 e. The molecule has 0 bridgehead atoms. The van der Waals surface area contributed by atoms with Crippen molar-refractivity contribution >= 4 is 23.4 Å². The van der Waals surface area contributed by atoms with Crippen LogP contribution < -0.4 is 0 Å². The van der Waals surface area contributed by atoms with Gasteiger partial charge in [0.25, 0.3) is 0 Å². The van der Waals surface area contributed by atoms with E-state index < -0.39 is 35.3 Å². The van der Waals surface area contributed by atoms with Crippen LogP contribution in [0.3, 0.4) is 0 Å². The topological polar surface area (TPSA) is 71.1 Å². The van der Waals surface area contributed by atoms with Gasteiger partial charge in [0.15, 0.2) is 5.79 Å². The number of carbonyl (C=O) groups is 2. The molecule has 168 valence electrons. The summed E-state index contributed by atoms with van der Waals surface area (Å²) >= 11 is 6.57. The van der Waals surface area contributed by atoms with Crippen molar-refractivity contribution in [1.82, 2.24) is 0 Å². The van der Waals surface area contributed by atoms with E-state index in [9.17, 15) is 9.59 Å². The lowest BCUT2D eigenvalue weighted by Gasteiger charge is -2.44. The number of hydrogen-bond acceptors (Lipinski definition) is 6. The second-order valence-corrected chi connectivity index (χ2v) is 9.44. The van der Waals surface area contributed by atoms with Crippen molar-refractivity contribution in [2.24, 2.45) is 23.7 Å². The van der Waals surface area contributed by atoms with Crippen molar-refractivity contribution in [2.75, 3.05) is 7.11 Å². The molecular formula is C24H29ClO6. The fourth-order valence-corrected chi connectivity index (χ4v) is 5.45. The monoisotopic (exact) mass is 448 g/mol. The number of halogens is 1. The van der Waals surface area contributed by atoms with Gasteiger partial charge < -0.3 is 18.9 Å². The Labute approximate surface area is 187 Å². The van der Waals surface area contributed by atoms with Gasteiger partial charge in [-0.1, -0.05) is 44.9 Å². The summed E-state index contributed by atoms with van der Waals surface area (Å²) in [6.45, 7) is 9.59. The molecule has 3 aliphatic heterocycles. The molecule has 0 N–H and O–H groups in total. The van der Waals surface area contributed by atoms with Crippen LogP contribution >= 0.6 is 11.6 Å². The van der Waals surface area contributed by atoms with Gasteiger partial charge in [0, 0.05) is 30.1 Å². The molecule has 2 saturated heterocycles. The molecule has 0 amide bonds. The average Bonchev–Trinajstić information content (AvgIpc) is 3.05. The minimum atomic E-state index is -1.37. The highest BCUT2D eigenvalue weighted by atomic mass is 35.5. The Kier molecular flexibility index (Phi) is 5.48. The second kappa shape index (κ2) is 7.61. The number of Topliss-reactive ketones (excluding diaryl/α,β-unsaturated/α-hetero) is 1. The van der Waals surface area contributed by atoms with Crippen LogP contribution in [0.25, 0.3) is 0 Å². The number of methoxy groups -OCH3 is 1. The fourth-order valence-electron chi connectivity index (χ4n) is 5.10. The number of carbonyl (C=O) groups excluding carboxylic acids is 2. The summed E-state index contributed by atoms with van der Waals surface area (Å²) in [5.74, 6) is -2.88. The Balaban J connectivity index is 1.81. The van der Waals surface area contributed by atoms with Crippen LogP contribution in [-0.4, -0.2) is 36.4 Å². The minimum absolute atomic E-state index is 0.0710. The number of cyclic esters (lactones) is 1. The highest BCUT2D eigenvalue weighted by molar-refractivity contribution is 6.45. The van der Waals surface area contributed by atoms with Gasteiger partial charge in [-0.15, -0.1) is 0 Å². The molecule has 4 aliphatic rings. The van der Waals surface area contributed by atoms with Gasteiger partial charge in [-0.05, 0) is 31.9 Å². The molecule has 2 fully saturated rings. The van der Waals surface area contributed by atoms with E-state index in [1.54, 1.807) is 26.2 Å². The number of ketones is 1. The first-order valence-electron chi connectivity index (χ1n) is 10.8. The zero-order chi connectivity index (χ0) is 22.7. The van der Waals surface area contributed by atoms with Crippen LogP contribution in [0.2, 0.25) is 0 Å². The molecular weight excluding hydrogens is 420 g/mol. The summed E-state index contributed by atoms with van der Waals surface area (Å²) in [7, 11) is 1.50. The normalized spacial score (nSPS) is 40.5. The van der Waals surface area contributed by atoms with Crippen LogP contribution in [0, 0.1) is 23.7 Å². The molecule has 4 rings (SSSR count). The molecule has 7 atom stereocenters. The molecule has 7 heteroatoms. The van der Waals surface area contributed by atoms with Gasteiger partial charge in [-0.3, -0.25) is 9.59 Å². The average molecular weight is 449 g/mol. The summed E-state index contributed by atoms with van der Waals surface area (Å²) in [4.78, 5) is 26.6. The Morgan fingerprint density at radius 2 is 2.00 bits per heavy atom. The predicted octanol–water partition coefficient (Wildman–Crippen LogP) is 4.41. The van der Waals surface area contributed by atoms with Crippen molar-refractivity contribution in [1.29, 1.82) is 0 Å². The second-order valence-electron chi connectivity index (χ2n) is 9.06. The number of esters is 1. The first-order chi connectivity index (χ1) is 14.6. The third-order valence-electron chi connectivity index (χ3n) is 7.32. The quantitative estimate of drug-likeness (QED) is 0.593. The Morgan fingerprint density at radius 1 is 1.29 bits per heavy atom. The van der Waals surface area contributed by atoms with Crippen LogP contribution in [0.15, 0.2) is 46.4 Å². The molecule has 1 aliphatic carbocycles. The third-order valence-corrected chi connectivity index (χ3v) is 7.70. The van der Waals surface area contributed by atoms with Crippen molar-refractivity contribution < 1.29 is 28.5 Å². The summed E-state index contributed by atoms with van der Waals surface area (Å²) in [5.41, 5.74) is -0.166. The lowest BCUT2D eigenvalue weighted by molar-refractivity contribution is -0.298. The SMILES string of the molecule is CC[C@H](C)/C=C/C1=CC2=C(Cl)C(=O)[C@@]3(C)O[C@]4(OC)[C@H](C)[C@@H](C)OC(=O)[C@@H]4[C@H]3C2=CO1. The van der Waals surface area contributed by atoms with Gasteiger partial charge in [-0.25, -0.2) is 0 Å². The number of allylic oxidation sites excluding steroid dienone is 4. The van der Waals surface area contributed by atoms with Gasteiger partial charge in [0.05, 0.1) is 11.3 Å². The third kappa shape index (κ3) is 3.06. The maximum absolute atomic E-state index is 13.5. The zero-order valence-electron chi connectivity index (χ0n) is 18.7. The van der Waals surface area contributed by atoms with Crippen LogP contribution in [0.5, 0.6) is 0 Å². The summed E-state index contributed by atoms with van der Waals surface area (Å²) < 4.78 is 23.7. The lowest BCUT2D eigenvalue weighted by Crippen LogP contribution is -2.57. The summed E-state index contributed by atoms with van der Waals surface area (Å²) in [6.07, 6.45) is 7.84. The molecule has 6 nitrogen and oxygen atoms in total. The van der Waals surface area contributed by atoms with Crippen molar-refractivity contribution in [3.63, 3.8) is 0 Å². The highest BCUT2D eigenvalue weighted by Gasteiger charge is 2.73. The Hall–Kier alpha value is -1.89. The molecule has 0 aromatic heterocycles. The van der Waals surface area contributed by atoms with E-state index in [-0.39, 0.29) is 16.7 Å². The standard InChI is InChI=1S/C24H29ClO6/c1-7-12(2)8-9-15-10-16-17(11-29-15)18-19-22(27)30-14(4)13(3)24(19,28-6)31-23(18,5)21(26)20(16)25/h8-14,18-19H,7H2,1-6H3/b9-8+/t12-,13+,14+,18+,19-,23-,24+/m0/s1. The van der Waals surface area contributed by atoms with E-state index in [1.165, 1.54) is 7.11 Å². The number of rotatable bonds is 4. The maximum atomic E-state index is 13.5. The first kappa shape index (κ1) is 22.3. The molecule has 3 heterocycles. The largest absolute Gasteiger partial charge is 0.465 e. The zero-order valence-corrected chi connectivity index (χ0v) is 19.5. The molecule has 0 unspecified atom stereocenters. The molecule has 0 saturated carbocycles. The molecule has 0 spiro atoms. The van der Waals surface area contributed by atoms with Crippen molar-refractivity contribution in [3.05, 3.63) is 46.4 Å². The Morgan fingerprint density at radius 3 is 2.65 bits per heavy atom. The fraction of sp³-hybridized carbons (Fsp3) is 0.583. The van der Waals surface area contributed by atoms with Gasteiger partial charge in [0.1, 0.15) is 23.4 Å². The number of ether oxygens (including phenoxy) is 4. The van der Waals surface area contributed by atoms with E-state index in [2.05, 4.69) is 13.8 Å². The number of hydrogen-bond donors (Lipinski definition) is 0. The Bertz CT molecular complexity index is 946. The van der Waals surface area contributed by atoms with Gasteiger partial charge >= 0.3 is 5.97 Å². The predicted molar refractivity (Wildman–Crippen MR) is 115 cm³/mol. The van der Waals surface area contributed by atoms with Crippen LogP contribution in [0.1, 0.15) is 41.0 Å². The first-order valence-corrected chi connectivity index (χ1v) is 11.2. The molecule has 0 radical (unpaired) electrons. The van der Waals surface area contributed by atoms with Gasteiger partial charge in [0.2, 0.25) is 5.78 Å².